The molecule has 0 saturated heterocycles. The molecule has 1 heterocycles. The van der Waals surface area contributed by atoms with Crippen LogP contribution in [0, 0.1) is 0 Å². The van der Waals surface area contributed by atoms with Gasteiger partial charge in [-0.25, -0.2) is 28.0 Å². The maximum Gasteiger partial charge on any atom is 0.377 e. The molecule has 0 aliphatic heterocycles. The fourth-order valence-corrected chi connectivity index (χ4v) is 2.17. The van der Waals surface area contributed by atoms with Crippen LogP contribution < -0.4 is 5.14 Å². The van der Waals surface area contributed by atoms with Gasteiger partial charge in [0.2, 0.25) is 10.0 Å². The van der Waals surface area contributed by atoms with Gasteiger partial charge >= 0.3 is 5.97 Å². The standard InChI is InChI=1S/C10H10N4O4S/c1-18-10(15)9-12-6-14(13-9)7-4-2-3-5-8(7)19(11,16)17/h2-6H,1H3,(H2,11,16,17). The number of rotatable bonds is 3. The van der Waals surface area contributed by atoms with Crippen molar-refractivity contribution >= 4 is 16.0 Å². The van der Waals surface area contributed by atoms with Crippen molar-refractivity contribution in [1.82, 2.24) is 14.8 Å². The SMILES string of the molecule is COC(=O)c1ncn(-c2ccccc2S(N)(=O)=O)n1. The van der Waals surface area contributed by atoms with Crippen molar-refractivity contribution in [3.05, 3.63) is 36.4 Å². The van der Waals surface area contributed by atoms with Crippen LogP contribution in [0.25, 0.3) is 5.69 Å². The molecule has 0 aliphatic rings. The van der Waals surface area contributed by atoms with Gasteiger partial charge in [0.15, 0.2) is 0 Å². The summed E-state index contributed by atoms with van der Waals surface area (Å²) in [6.07, 6.45) is 1.20. The van der Waals surface area contributed by atoms with Crippen LogP contribution in [0.5, 0.6) is 0 Å². The number of carbonyl (C=O) groups excluding carboxylic acids is 1. The van der Waals surface area contributed by atoms with Gasteiger partial charge in [0.25, 0.3) is 5.82 Å². The largest absolute Gasteiger partial charge is 0.463 e. The quantitative estimate of drug-likeness (QED) is 0.772. The molecule has 0 amide bonds. The highest BCUT2D eigenvalue weighted by Gasteiger charge is 2.17. The highest BCUT2D eigenvalue weighted by Crippen LogP contribution is 2.17. The summed E-state index contributed by atoms with van der Waals surface area (Å²) in [4.78, 5) is 14.9. The predicted molar refractivity (Wildman–Crippen MR) is 64.1 cm³/mol. The molecule has 2 aromatic rings. The normalized spacial score (nSPS) is 11.3. The molecule has 2 rings (SSSR count). The number of esters is 1. The number of methoxy groups -OCH3 is 1. The Balaban J connectivity index is 2.54. The second kappa shape index (κ2) is 4.78. The number of para-hydroxylation sites is 1. The van der Waals surface area contributed by atoms with E-state index in [-0.39, 0.29) is 16.4 Å². The minimum atomic E-state index is -3.90. The molecule has 0 radical (unpaired) electrons. The number of nitrogens with two attached hydrogens (primary N) is 1. The summed E-state index contributed by atoms with van der Waals surface area (Å²) in [6.45, 7) is 0. The molecule has 0 unspecified atom stereocenters. The predicted octanol–water partition coefficient (Wildman–Crippen LogP) is -0.299. The van der Waals surface area contributed by atoms with Gasteiger partial charge in [0.1, 0.15) is 11.2 Å². The van der Waals surface area contributed by atoms with Crippen molar-refractivity contribution in [2.24, 2.45) is 5.14 Å². The second-order valence-corrected chi connectivity index (χ2v) is 5.05. The van der Waals surface area contributed by atoms with E-state index in [2.05, 4.69) is 14.8 Å². The number of primary sulfonamides is 1. The molecule has 0 bridgehead atoms. The number of hydrogen-bond donors (Lipinski definition) is 1. The lowest BCUT2D eigenvalue weighted by atomic mass is 10.3. The number of nitrogens with zero attached hydrogens (tertiary/aromatic N) is 3. The van der Waals surface area contributed by atoms with Crippen LogP contribution in [0.15, 0.2) is 35.5 Å². The third kappa shape index (κ3) is 2.61. The lowest BCUT2D eigenvalue weighted by Crippen LogP contribution is -2.15. The Morgan fingerprint density at radius 1 is 1.37 bits per heavy atom. The Bertz CT molecular complexity index is 723. The Morgan fingerprint density at radius 2 is 2.05 bits per heavy atom. The van der Waals surface area contributed by atoms with Crippen LogP contribution in [-0.2, 0) is 14.8 Å². The van der Waals surface area contributed by atoms with Gasteiger partial charge in [-0.15, -0.1) is 5.10 Å². The van der Waals surface area contributed by atoms with Crippen LogP contribution in [0.3, 0.4) is 0 Å². The average molecular weight is 282 g/mol. The minimum Gasteiger partial charge on any atom is -0.463 e. The lowest BCUT2D eigenvalue weighted by molar-refractivity contribution is 0.0587. The molecule has 0 saturated carbocycles. The monoisotopic (exact) mass is 282 g/mol. The van der Waals surface area contributed by atoms with E-state index in [1.807, 2.05) is 0 Å². The first-order valence-electron chi connectivity index (χ1n) is 5.05. The van der Waals surface area contributed by atoms with E-state index in [1.54, 1.807) is 6.07 Å². The van der Waals surface area contributed by atoms with E-state index in [1.165, 1.54) is 31.6 Å². The van der Waals surface area contributed by atoms with Gasteiger partial charge in [-0.05, 0) is 12.1 Å². The Hall–Kier alpha value is -2.26. The van der Waals surface area contributed by atoms with Crippen molar-refractivity contribution in [1.29, 1.82) is 0 Å². The fraction of sp³-hybridized carbons (Fsp3) is 0.100. The number of carbonyl (C=O) groups is 1. The summed E-state index contributed by atoms with van der Waals surface area (Å²) in [5.74, 6) is -0.890. The Labute approximate surface area is 108 Å². The number of sulfonamides is 1. The molecule has 100 valence electrons. The maximum atomic E-state index is 11.4. The van der Waals surface area contributed by atoms with Gasteiger partial charge in [-0.2, -0.15) is 0 Å². The van der Waals surface area contributed by atoms with Crippen molar-refractivity contribution in [2.75, 3.05) is 7.11 Å². The minimum absolute atomic E-state index is 0.115. The summed E-state index contributed by atoms with van der Waals surface area (Å²) in [5, 5.41) is 8.94. The van der Waals surface area contributed by atoms with Gasteiger partial charge in [0.05, 0.1) is 12.8 Å². The molecule has 1 aromatic carbocycles. The van der Waals surface area contributed by atoms with Crippen LogP contribution in [-0.4, -0.2) is 36.3 Å². The average Bonchev–Trinajstić information content (AvgIpc) is 2.86. The van der Waals surface area contributed by atoms with Crippen molar-refractivity contribution in [3.8, 4) is 5.69 Å². The van der Waals surface area contributed by atoms with Crippen LogP contribution in [0.1, 0.15) is 10.6 Å². The fourth-order valence-electron chi connectivity index (χ4n) is 1.45. The zero-order valence-electron chi connectivity index (χ0n) is 9.85. The number of ether oxygens (including phenoxy) is 1. The maximum absolute atomic E-state index is 11.4. The molecule has 9 heteroatoms. The van der Waals surface area contributed by atoms with Crippen LogP contribution in [0.4, 0.5) is 0 Å². The summed E-state index contributed by atoms with van der Waals surface area (Å²) >= 11 is 0. The Morgan fingerprint density at radius 3 is 2.68 bits per heavy atom. The molecule has 0 atom stereocenters. The summed E-state index contributed by atoms with van der Waals surface area (Å²) < 4.78 is 28.5. The highest BCUT2D eigenvalue weighted by atomic mass is 32.2. The highest BCUT2D eigenvalue weighted by molar-refractivity contribution is 7.89. The van der Waals surface area contributed by atoms with Gasteiger partial charge in [-0.3, -0.25) is 0 Å². The molecular formula is C10H10N4O4S. The van der Waals surface area contributed by atoms with Gasteiger partial charge in [-0.1, -0.05) is 12.1 Å². The molecule has 0 fully saturated rings. The smallest absolute Gasteiger partial charge is 0.377 e. The lowest BCUT2D eigenvalue weighted by Gasteiger charge is -2.06. The van der Waals surface area contributed by atoms with Crippen LogP contribution >= 0.6 is 0 Å². The first kappa shape index (κ1) is 13.2. The zero-order chi connectivity index (χ0) is 14.0. The van der Waals surface area contributed by atoms with Gasteiger partial charge < -0.3 is 4.74 Å². The summed E-state index contributed by atoms with van der Waals surface area (Å²) in [7, 11) is -2.71. The summed E-state index contributed by atoms with van der Waals surface area (Å²) in [5.41, 5.74) is 0.202. The van der Waals surface area contributed by atoms with E-state index in [0.717, 1.165) is 4.68 Å². The topological polar surface area (TPSA) is 117 Å². The van der Waals surface area contributed by atoms with E-state index >= 15 is 0 Å². The van der Waals surface area contributed by atoms with E-state index < -0.39 is 16.0 Å². The number of benzene rings is 1. The molecule has 8 nitrogen and oxygen atoms in total. The first-order chi connectivity index (χ1) is 8.93. The third-order valence-corrected chi connectivity index (χ3v) is 3.24. The second-order valence-electron chi connectivity index (χ2n) is 3.52. The third-order valence-electron chi connectivity index (χ3n) is 2.28. The molecule has 2 N–H and O–H groups in total. The van der Waals surface area contributed by atoms with Gasteiger partial charge in [0, 0.05) is 0 Å². The van der Waals surface area contributed by atoms with Crippen molar-refractivity contribution in [3.63, 3.8) is 0 Å². The summed E-state index contributed by atoms with van der Waals surface area (Å²) in [6, 6.07) is 5.98. The van der Waals surface area contributed by atoms with E-state index in [0.29, 0.717) is 0 Å². The zero-order valence-corrected chi connectivity index (χ0v) is 10.7. The van der Waals surface area contributed by atoms with Crippen LogP contribution in [0.2, 0.25) is 0 Å². The molecule has 0 aliphatic carbocycles. The number of aromatic nitrogens is 3. The van der Waals surface area contributed by atoms with Crippen molar-refractivity contribution in [2.45, 2.75) is 4.90 Å². The molecule has 0 spiro atoms. The Kier molecular flexibility index (Phi) is 3.32. The van der Waals surface area contributed by atoms with E-state index in [9.17, 15) is 13.2 Å². The first-order valence-corrected chi connectivity index (χ1v) is 6.60. The molecular weight excluding hydrogens is 272 g/mol. The van der Waals surface area contributed by atoms with E-state index in [4.69, 9.17) is 5.14 Å². The number of hydrogen-bond acceptors (Lipinski definition) is 6. The molecule has 1 aromatic heterocycles. The molecule has 19 heavy (non-hydrogen) atoms. The van der Waals surface area contributed by atoms with Crippen molar-refractivity contribution < 1.29 is 17.9 Å².